The van der Waals surface area contributed by atoms with Gasteiger partial charge in [0.1, 0.15) is 0 Å². The number of carbonyl (C=O) groups is 2. The van der Waals surface area contributed by atoms with Crippen molar-refractivity contribution in [2.45, 2.75) is 6.92 Å². The summed E-state index contributed by atoms with van der Waals surface area (Å²) in [6, 6.07) is 11.1. The molecular formula is C17H15Cl2N3O3S. The van der Waals surface area contributed by atoms with Crippen LogP contribution < -0.4 is 16.2 Å². The van der Waals surface area contributed by atoms with E-state index >= 15 is 0 Å². The number of thiocarbonyl (C=S) groups is 1. The molecular weight excluding hydrogens is 397 g/mol. The maximum absolute atomic E-state index is 12.0. The maximum atomic E-state index is 12.0. The Morgan fingerprint density at radius 2 is 1.65 bits per heavy atom. The summed E-state index contributed by atoms with van der Waals surface area (Å²) in [6.45, 7) is 2.05. The van der Waals surface area contributed by atoms with E-state index in [2.05, 4.69) is 16.2 Å². The summed E-state index contributed by atoms with van der Waals surface area (Å²) in [5.74, 6) is -0.820. The van der Waals surface area contributed by atoms with Gasteiger partial charge < -0.3 is 10.1 Å². The van der Waals surface area contributed by atoms with E-state index in [0.29, 0.717) is 28.4 Å². The molecule has 6 nitrogen and oxygen atoms in total. The minimum Gasteiger partial charge on any atom is -0.462 e. The number of nitrogens with one attached hydrogen (secondary N) is 3. The standard InChI is InChI=1S/C17H15Cl2N3O3S/c1-2-25-16(24)10-3-6-12(7-4-10)20-17(26)22-21-15(23)11-5-8-13(18)14(19)9-11/h3-9H,2H2,1H3,(H,21,23)(H2,20,22,26). The number of rotatable bonds is 4. The van der Waals surface area contributed by atoms with E-state index in [0.717, 1.165) is 0 Å². The van der Waals surface area contributed by atoms with Crippen molar-refractivity contribution in [2.75, 3.05) is 11.9 Å². The minimum atomic E-state index is -0.426. The molecule has 0 aliphatic heterocycles. The zero-order valence-electron chi connectivity index (χ0n) is 13.6. The van der Waals surface area contributed by atoms with Gasteiger partial charge in [0, 0.05) is 11.3 Å². The first-order chi connectivity index (χ1) is 12.4. The molecule has 136 valence electrons. The van der Waals surface area contributed by atoms with Crippen LogP contribution in [0.15, 0.2) is 42.5 Å². The number of carbonyl (C=O) groups excluding carboxylic acids is 2. The Bertz CT molecular complexity index is 829. The van der Waals surface area contributed by atoms with Gasteiger partial charge in [-0.2, -0.15) is 0 Å². The lowest BCUT2D eigenvalue weighted by atomic mass is 10.2. The Morgan fingerprint density at radius 3 is 2.27 bits per heavy atom. The van der Waals surface area contributed by atoms with Crippen LogP contribution in [-0.4, -0.2) is 23.6 Å². The van der Waals surface area contributed by atoms with Crippen LogP contribution in [0, 0.1) is 0 Å². The zero-order valence-corrected chi connectivity index (χ0v) is 16.0. The van der Waals surface area contributed by atoms with Crippen LogP contribution in [0.3, 0.4) is 0 Å². The molecule has 3 N–H and O–H groups in total. The SMILES string of the molecule is CCOC(=O)c1ccc(NC(=S)NNC(=O)c2ccc(Cl)c(Cl)c2)cc1. The van der Waals surface area contributed by atoms with E-state index in [4.69, 9.17) is 40.2 Å². The normalized spacial score (nSPS) is 9.96. The van der Waals surface area contributed by atoms with Crippen molar-refractivity contribution < 1.29 is 14.3 Å². The van der Waals surface area contributed by atoms with Crippen LogP contribution in [0.1, 0.15) is 27.6 Å². The lowest BCUT2D eigenvalue weighted by molar-refractivity contribution is 0.0526. The maximum Gasteiger partial charge on any atom is 0.338 e. The summed E-state index contributed by atoms with van der Waals surface area (Å²) in [5, 5.41) is 3.68. The van der Waals surface area contributed by atoms with E-state index in [1.54, 1.807) is 31.2 Å². The first kappa shape index (κ1) is 20.0. The van der Waals surface area contributed by atoms with Crippen molar-refractivity contribution in [1.82, 2.24) is 10.9 Å². The highest BCUT2D eigenvalue weighted by atomic mass is 35.5. The fraction of sp³-hybridized carbons (Fsp3) is 0.118. The molecule has 0 spiro atoms. The molecule has 0 atom stereocenters. The summed E-state index contributed by atoms with van der Waals surface area (Å²) in [6.07, 6.45) is 0. The number of hydrogen-bond acceptors (Lipinski definition) is 4. The third kappa shape index (κ3) is 5.59. The second kappa shape index (κ2) is 9.38. The van der Waals surface area contributed by atoms with Gasteiger partial charge in [-0.15, -0.1) is 0 Å². The molecule has 0 fully saturated rings. The largest absolute Gasteiger partial charge is 0.462 e. The predicted octanol–water partition coefficient (Wildman–Crippen LogP) is 3.80. The van der Waals surface area contributed by atoms with Crippen LogP contribution in [-0.2, 0) is 4.74 Å². The average molecular weight is 412 g/mol. The predicted molar refractivity (Wildman–Crippen MR) is 106 cm³/mol. The molecule has 9 heteroatoms. The lowest BCUT2D eigenvalue weighted by Gasteiger charge is -2.12. The number of anilines is 1. The molecule has 0 aliphatic rings. The quantitative estimate of drug-likeness (QED) is 0.403. The first-order valence-electron chi connectivity index (χ1n) is 7.50. The molecule has 0 saturated heterocycles. The van der Waals surface area contributed by atoms with Gasteiger partial charge in [-0.05, 0) is 61.6 Å². The number of halogens is 2. The second-order valence-electron chi connectivity index (χ2n) is 4.96. The summed E-state index contributed by atoms with van der Waals surface area (Å²) < 4.78 is 4.91. The van der Waals surface area contributed by atoms with Crippen LogP contribution in [0.25, 0.3) is 0 Å². The molecule has 1 amide bonds. The van der Waals surface area contributed by atoms with E-state index in [1.807, 2.05) is 0 Å². The molecule has 0 saturated carbocycles. The third-order valence-corrected chi connectivity index (χ3v) is 4.07. The van der Waals surface area contributed by atoms with Crippen LogP contribution in [0.4, 0.5) is 5.69 Å². The molecule has 26 heavy (non-hydrogen) atoms. The molecule has 0 heterocycles. The van der Waals surface area contributed by atoms with E-state index in [1.165, 1.54) is 18.2 Å². The zero-order chi connectivity index (χ0) is 19.1. The Kier molecular flexibility index (Phi) is 7.20. The molecule has 0 aromatic heterocycles. The summed E-state index contributed by atoms with van der Waals surface area (Å²) in [7, 11) is 0. The molecule has 2 aromatic carbocycles. The first-order valence-corrected chi connectivity index (χ1v) is 8.66. The van der Waals surface area contributed by atoms with Gasteiger partial charge >= 0.3 is 5.97 Å². The van der Waals surface area contributed by atoms with Crippen molar-refractivity contribution >= 4 is 58.1 Å². The van der Waals surface area contributed by atoms with Gasteiger partial charge in [0.05, 0.1) is 22.2 Å². The van der Waals surface area contributed by atoms with Crippen molar-refractivity contribution in [2.24, 2.45) is 0 Å². The van der Waals surface area contributed by atoms with E-state index < -0.39 is 11.9 Å². The molecule has 0 unspecified atom stereocenters. The topological polar surface area (TPSA) is 79.5 Å². The highest BCUT2D eigenvalue weighted by Gasteiger charge is 2.09. The van der Waals surface area contributed by atoms with Gasteiger partial charge in [-0.1, -0.05) is 23.2 Å². The average Bonchev–Trinajstić information content (AvgIpc) is 2.62. The number of ether oxygens (including phenoxy) is 1. The molecule has 2 rings (SSSR count). The van der Waals surface area contributed by atoms with Crippen molar-refractivity contribution in [3.05, 3.63) is 63.6 Å². The molecule has 0 bridgehead atoms. The third-order valence-electron chi connectivity index (χ3n) is 3.13. The number of hydrazine groups is 1. The van der Waals surface area contributed by atoms with Crippen LogP contribution in [0.2, 0.25) is 10.0 Å². The number of hydrogen-bond donors (Lipinski definition) is 3. The van der Waals surface area contributed by atoms with Gasteiger partial charge in [-0.3, -0.25) is 15.6 Å². The lowest BCUT2D eigenvalue weighted by Crippen LogP contribution is -2.43. The van der Waals surface area contributed by atoms with Gasteiger partial charge in [0.2, 0.25) is 0 Å². The molecule has 0 radical (unpaired) electrons. The highest BCUT2D eigenvalue weighted by Crippen LogP contribution is 2.22. The van der Waals surface area contributed by atoms with Crippen molar-refractivity contribution in [3.8, 4) is 0 Å². The Morgan fingerprint density at radius 1 is 1.00 bits per heavy atom. The van der Waals surface area contributed by atoms with Crippen molar-refractivity contribution in [1.29, 1.82) is 0 Å². The van der Waals surface area contributed by atoms with E-state index in [9.17, 15) is 9.59 Å². The monoisotopic (exact) mass is 411 g/mol. The summed E-state index contributed by atoms with van der Waals surface area (Å²) >= 11 is 16.8. The molecule has 2 aromatic rings. The smallest absolute Gasteiger partial charge is 0.338 e. The molecule has 0 aliphatic carbocycles. The number of benzene rings is 2. The van der Waals surface area contributed by atoms with Crippen LogP contribution in [0.5, 0.6) is 0 Å². The van der Waals surface area contributed by atoms with Gasteiger partial charge in [0.25, 0.3) is 5.91 Å². The second-order valence-corrected chi connectivity index (χ2v) is 6.18. The summed E-state index contributed by atoms with van der Waals surface area (Å²) in [5.41, 5.74) is 6.42. The highest BCUT2D eigenvalue weighted by molar-refractivity contribution is 7.80. The Hall–Kier alpha value is -2.35. The van der Waals surface area contributed by atoms with Crippen molar-refractivity contribution in [3.63, 3.8) is 0 Å². The minimum absolute atomic E-state index is 0.169. The Labute approximate surface area is 165 Å². The fourth-order valence-corrected chi connectivity index (χ4v) is 2.36. The Balaban J connectivity index is 1.87. The van der Waals surface area contributed by atoms with E-state index in [-0.39, 0.29) is 10.1 Å². The number of amides is 1. The van der Waals surface area contributed by atoms with Crippen LogP contribution >= 0.6 is 35.4 Å². The summed E-state index contributed by atoms with van der Waals surface area (Å²) in [4.78, 5) is 23.6. The number of esters is 1. The fourth-order valence-electron chi connectivity index (χ4n) is 1.89. The van der Waals surface area contributed by atoms with Gasteiger partial charge in [-0.25, -0.2) is 4.79 Å². The van der Waals surface area contributed by atoms with Gasteiger partial charge in [0.15, 0.2) is 5.11 Å².